The highest BCUT2D eigenvalue weighted by Gasteiger charge is 2.37. The summed E-state index contributed by atoms with van der Waals surface area (Å²) in [6, 6.07) is 20.3. The molecule has 30 heavy (non-hydrogen) atoms. The number of carbonyl (C=O) groups is 2. The Bertz CT molecular complexity index is 705. The highest BCUT2D eigenvalue weighted by molar-refractivity contribution is 5.82. The van der Waals surface area contributed by atoms with Crippen molar-refractivity contribution in [1.29, 1.82) is 0 Å². The second-order valence-corrected chi connectivity index (χ2v) is 8.01. The lowest BCUT2D eigenvalue weighted by Crippen LogP contribution is -2.35. The molecule has 1 aliphatic carbocycles. The summed E-state index contributed by atoms with van der Waals surface area (Å²) >= 11 is 0. The van der Waals surface area contributed by atoms with Gasteiger partial charge in [0.1, 0.15) is 0 Å². The fourth-order valence-electron chi connectivity index (χ4n) is 4.10. The smallest absolute Gasteiger partial charge is 0.309 e. The number of benzene rings is 2. The van der Waals surface area contributed by atoms with Gasteiger partial charge in [0, 0.05) is 0 Å². The maximum atomic E-state index is 12.6. The summed E-state index contributed by atoms with van der Waals surface area (Å²) in [6.45, 7) is 0.784. The van der Waals surface area contributed by atoms with Gasteiger partial charge in [-0.25, -0.2) is 0 Å². The molecule has 1 fully saturated rings. The zero-order chi connectivity index (χ0) is 21.0. The zero-order valence-corrected chi connectivity index (χ0v) is 17.6. The van der Waals surface area contributed by atoms with Crippen molar-refractivity contribution < 1.29 is 19.1 Å². The van der Waals surface area contributed by atoms with E-state index in [1.807, 2.05) is 36.4 Å². The van der Waals surface area contributed by atoms with Gasteiger partial charge in [0.15, 0.2) is 0 Å². The van der Waals surface area contributed by atoms with Gasteiger partial charge in [-0.05, 0) is 49.7 Å². The lowest BCUT2D eigenvalue weighted by Gasteiger charge is -2.28. The van der Waals surface area contributed by atoms with Gasteiger partial charge < -0.3 is 9.47 Å². The van der Waals surface area contributed by atoms with Crippen LogP contribution in [0.3, 0.4) is 0 Å². The molecule has 4 nitrogen and oxygen atoms in total. The molecule has 3 rings (SSSR count). The van der Waals surface area contributed by atoms with Gasteiger partial charge in [-0.15, -0.1) is 0 Å². The van der Waals surface area contributed by atoms with E-state index in [-0.39, 0.29) is 23.8 Å². The van der Waals surface area contributed by atoms with Crippen molar-refractivity contribution in [3.05, 3.63) is 71.8 Å². The summed E-state index contributed by atoms with van der Waals surface area (Å²) in [5.74, 6) is -1.21. The van der Waals surface area contributed by atoms with Crippen LogP contribution < -0.4 is 0 Å². The fraction of sp³-hybridized carbons (Fsp3) is 0.462. The SMILES string of the molecule is O=C(OCCCc1ccccc1)C1CCCCC1C(=O)OCCCc1ccccc1. The molecule has 0 amide bonds. The summed E-state index contributed by atoms with van der Waals surface area (Å²) < 4.78 is 11.0. The molecular weight excluding hydrogens is 376 g/mol. The van der Waals surface area contributed by atoms with Crippen LogP contribution in [0.4, 0.5) is 0 Å². The van der Waals surface area contributed by atoms with E-state index in [9.17, 15) is 9.59 Å². The normalized spacial score (nSPS) is 18.5. The van der Waals surface area contributed by atoms with Crippen LogP contribution in [-0.2, 0) is 31.9 Å². The fourth-order valence-corrected chi connectivity index (χ4v) is 4.10. The van der Waals surface area contributed by atoms with Crippen molar-refractivity contribution in [2.45, 2.75) is 51.4 Å². The topological polar surface area (TPSA) is 52.6 Å². The Kier molecular flexibility index (Phi) is 8.95. The van der Waals surface area contributed by atoms with Crippen LogP contribution in [0.1, 0.15) is 49.7 Å². The van der Waals surface area contributed by atoms with Gasteiger partial charge in [-0.3, -0.25) is 9.59 Å². The van der Waals surface area contributed by atoms with E-state index in [0.717, 1.165) is 38.5 Å². The van der Waals surface area contributed by atoms with Gasteiger partial charge in [0.25, 0.3) is 0 Å². The van der Waals surface area contributed by atoms with E-state index in [4.69, 9.17) is 9.47 Å². The van der Waals surface area contributed by atoms with Crippen LogP contribution in [0, 0.1) is 11.8 Å². The van der Waals surface area contributed by atoms with Gasteiger partial charge in [0.05, 0.1) is 25.0 Å². The standard InChI is InChI=1S/C26H32O4/c27-25(29-19-9-15-21-11-3-1-4-12-21)23-17-7-8-18-24(23)26(28)30-20-10-16-22-13-5-2-6-14-22/h1-6,11-14,23-24H,7-10,15-20H2. The van der Waals surface area contributed by atoms with Gasteiger partial charge in [-0.2, -0.15) is 0 Å². The van der Waals surface area contributed by atoms with Crippen LogP contribution in [0.25, 0.3) is 0 Å². The number of hydrogen-bond acceptors (Lipinski definition) is 4. The predicted molar refractivity (Wildman–Crippen MR) is 117 cm³/mol. The molecular formula is C26H32O4. The molecule has 1 saturated carbocycles. The number of ether oxygens (including phenoxy) is 2. The van der Waals surface area contributed by atoms with E-state index >= 15 is 0 Å². The highest BCUT2D eigenvalue weighted by atomic mass is 16.5. The van der Waals surface area contributed by atoms with Crippen LogP contribution in [0.15, 0.2) is 60.7 Å². The molecule has 2 unspecified atom stereocenters. The molecule has 0 bridgehead atoms. The van der Waals surface area contributed by atoms with Gasteiger partial charge >= 0.3 is 11.9 Å². The minimum absolute atomic E-state index is 0.242. The summed E-state index contributed by atoms with van der Waals surface area (Å²) in [4.78, 5) is 25.2. The first kappa shape index (κ1) is 22.1. The third-order valence-electron chi connectivity index (χ3n) is 5.77. The molecule has 0 saturated heterocycles. The van der Waals surface area contributed by atoms with E-state index in [1.54, 1.807) is 0 Å². The molecule has 0 spiro atoms. The minimum atomic E-state index is -0.364. The summed E-state index contributed by atoms with van der Waals surface area (Å²) in [7, 11) is 0. The molecule has 1 aliphatic rings. The molecule has 0 aromatic heterocycles. The van der Waals surface area contributed by atoms with Gasteiger partial charge in [-0.1, -0.05) is 73.5 Å². The third kappa shape index (κ3) is 7.01. The number of rotatable bonds is 10. The van der Waals surface area contributed by atoms with E-state index in [0.29, 0.717) is 26.1 Å². The number of esters is 2. The van der Waals surface area contributed by atoms with Crippen molar-refractivity contribution in [3.8, 4) is 0 Å². The molecule has 0 aliphatic heterocycles. The first-order valence-electron chi connectivity index (χ1n) is 11.1. The lowest BCUT2D eigenvalue weighted by molar-refractivity contribution is -0.163. The van der Waals surface area contributed by atoms with Crippen LogP contribution in [-0.4, -0.2) is 25.2 Å². The first-order valence-corrected chi connectivity index (χ1v) is 11.1. The zero-order valence-electron chi connectivity index (χ0n) is 17.6. The monoisotopic (exact) mass is 408 g/mol. The third-order valence-corrected chi connectivity index (χ3v) is 5.77. The highest BCUT2D eigenvalue weighted by Crippen LogP contribution is 2.32. The Balaban J connectivity index is 1.39. The molecule has 0 heterocycles. The average molecular weight is 409 g/mol. The van der Waals surface area contributed by atoms with Crippen LogP contribution in [0.5, 0.6) is 0 Å². The molecule has 0 radical (unpaired) electrons. The predicted octanol–water partition coefficient (Wildman–Crippen LogP) is 5.14. The lowest BCUT2D eigenvalue weighted by atomic mass is 9.79. The Labute approximate surface area is 179 Å². The Morgan fingerprint density at radius 3 is 1.47 bits per heavy atom. The Morgan fingerprint density at radius 1 is 0.667 bits per heavy atom. The second kappa shape index (κ2) is 12.2. The quantitative estimate of drug-likeness (QED) is 0.403. The van der Waals surface area contributed by atoms with E-state index < -0.39 is 0 Å². The van der Waals surface area contributed by atoms with Crippen LogP contribution in [0.2, 0.25) is 0 Å². The minimum Gasteiger partial charge on any atom is -0.465 e. The summed E-state index contributed by atoms with van der Waals surface area (Å²) in [5.41, 5.74) is 2.48. The van der Waals surface area contributed by atoms with Crippen molar-refractivity contribution in [1.82, 2.24) is 0 Å². The summed E-state index contributed by atoms with van der Waals surface area (Å²) in [6.07, 6.45) is 6.68. The maximum Gasteiger partial charge on any atom is 0.309 e. The second-order valence-electron chi connectivity index (χ2n) is 8.01. The number of hydrogen-bond donors (Lipinski definition) is 0. The van der Waals surface area contributed by atoms with Crippen molar-refractivity contribution in [3.63, 3.8) is 0 Å². The maximum absolute atomic E-state index is 12.6. The van der Waals surface area contributed by atoms with Crippen molar-refractivity contribution in [2.75, 3.05) is 13.2 Å². The molecule has 2 atom stereocenters. The first-order chi connectivity index (χ1) is 14.7. The van der Waals surface area contributed by atoms with E-state index in [1.165, 1.54) is 11.1 Å². The molecule has 160 valence electrons. The summed E-state index contributed by atoms with van der Waals surface area (Å²) in [5, 5.41) is 0. The largest absolute Gasteiger partial charge is 0.465 e. The Morgan fingerprint density at radius 2 is 1.07 bits per heavy atom. The number of carbonyl (C=O) groups excluding carboxylic acids is 2. The van der Waals surface area contributed by atoms with E-state index in [2.05, 4.69) is 24.3 Å². The molecule has 0 N–H and O–H groups in total. The molecule has 4 heteroatoms. The average Bonchev–Trinajstić information content (AvgIpc) is 2.80. The van der Waals surface area contributed by atoms with Gasteiger partial charge in [0.2, 0.25) is 0 Å². The molecule has 2 aromatic carbocycles. The molecule has 2 aromatic rings. The van der Waals surface area contributed by atoms with Crippen molar-refractivity contribution >= 4 is 11.9 Å². The number of aryl methyl sites for hydroxylation is 2. The Hall–Kier alpha value is -2.62. The van der Waals surface area contributed by atoms with Crippen molar-refractivity contribution in [2.24, 2.45) is 11.8 Å². The van der Waals surface area contributed by atoms with Crippen LogP contribution >= 0.6 is 0 Å².